The SMILES string of the molecule is O=C(NCCOCc1ccccc1)[C@@H]1CCCCO1. The van der Waals surface area contributed by atoms with Gasteiger partial charge in [-0.05, 0) is 24.8 Å². The molecule has 1 amide bonds. The van der Waals surface area contributed by atoms with Crippen molar-refractivity contribution in [2.75, 3.05) is 19.8 Å². The Bertz CT molecular complexity index is 374. The van der Waals surface area contributed by atoms with Crippen LogP contribution >= 0.6 is 0 Å². The van der Waals surface area contributed by atoms with Crippen LogP contribution < -0.4 is 5.32 Å². The van der Waals surface area contributed by atoms with Gasteiger partial charge >= 0.3 is 0 Å². The Hall–Kier alpha value is -1.39. The number of nitrogens with one attached hydrogen (secondary N) is 1. The summed E-state index contributed by atoms with van der Waals surface area (Å²) in [6.07, 6.45) is 2.70. The van der Waals surface area contributed by atoms with E-state index in [4.69, 9.17) is 9.47 Å². The fourth-order valence-corrected chi connectivity index (χ4v) is 2.07. The van der Waals surface area contributed by atoms with Gasteiger partial charge in [-0.2, -0.15) is 0 Å². The third kappa shape index (κ3) is 5.01. The van der Waals surface area contributed by atoms with Crippen molar-refractivity contribution < 1.29 is 14.3 Å². The highest BCUT2D eigenvalue weighted by atomic mass is 16.5. The second-order valence-electron chi connectivity index (χ2n) is 4.68. The third-order valence-corrected chi connectivity index (χ3v) is 3.13. The van der Waals surface area contributed by atoms with Crippen molar-refractivity contribution in [3.05, 3.63) is 35.9 Å². The molecule has 0 spiro atoms. The van der Waals surface area contributed by atoms with Gasteiger partial charge in [0.2, 0.25) is 5.91 Å². The van der Waals surface area contributed by atoms with Crippen LogP contribution in [0.2, 0.25) is 0 Å². The predicted octanol–water partition coefficient (Wildman–Crippen LogP) is 1.89. The van der Waals surface area contributed by atoms with Crippen LogP contribution in [0.15, 0.2) is 30.3 Å². The summed E-state index contributed by atoms with van der Waals surface area (Å²) in [5.41, 5.74) is 1.14. The number of hydrogen-bond donors (Lipinski definition) is 1. The van der Waals surface area contributed by atoms with E-state index in [-0.39, 0.29) is 12.0 Å². The highest BCUT2D eigenvalue weighted by Gasteiger charge is 2.21. The van der Waals surface area contributed by atoms with Crippen LogP contribution in [-0.4, -0.2) is 31.8 Å². The maximum Gasteiger partial charge on any atom is 0.249 e. The minimum Gasteiger partial charge on any atom is -0.375 e. The summed E-state index contributed by atoms with van der Waals surface area (Å²) < 4.78 is 10.9. The normalized spacial score (nSPS) is 19.1. The first-order valence-corrected chi connectivity index (χ1v) is 6.87. The number of amides is 1. The first-order chi connectivity index (χ1) is 9.36. The smallest absolute Gasteiger partial charge is 0.249 e. The van der Waals surface area contributed by atoms with Gasteiger partial charge in [-0.1, -0.05) is 30.3 Å². The molecule has 1 aromatic carbocycles. The Balaban J connectivity index is 1.55. The molecule has 1 aliphatic heterocycles. The van der Waals surface area contributed by atoms with Crippen LogP contribution in [0.4, 0.5) is 0 Å². The Morgan fingerprint density at radius 3 is 2.89 bits per heavy atom. The highest BCUT2D eigenvalue weighted by molar-refractivity contribution is 5.80. The average Bonchev–Trinajstić information content (AvgIpc) is 2.49. The fraction of sp³-hybridized carbons (Fsp3) is 0.533. The van der Waals surface area contributed by atoms with Crippen molar-refractivity contribution in [1.82, 2.24) is 5.32 Å². The Kier molecular flexibility index (Phi) is 5.85. The minimum atomic E-state index is -0.261. The number of carbonyl (C=O) groups excluding carboxylic acids is 1. The average molecular weight is 263 g/mol. The summed E-state index contributed by atoms with van der Waals surface area (Å²) in [6.45, 7) is 2.33. The summed E-state index contributed by atoms with van der Waals surface area (Å²) in [4.78, 5) is 11.7. The summed E-state index contributed by atoms with van der Waals surface area (Å²) in [6, 6.07) is 10.00. The molecule has 0 unspecified atom stereocenters. The van der Waals surface area contributed by atoms with Gasteiger partial charge in [-0.15, -0.1) is 0 Å². The van der Waals surface area contributed by atoms with Crippen LogP contribution in [0.1, 0.15) is 24.8 Å². The molecule has 0 radical (unpaired) electrons. The van der Waals surface area contributed by atoms with Gasteiger partial charge in [0.05, 0.1) is 13.2 Å². The van der Waals surface area contributed by atoms with E-state index in [0.29, 0.717) is 26.4 Å². The third-order valence-electron chi connectivity index (χ3n) is 3.13. The quantitative estimate of drug-likeness (QED) is 0.797. The molecule has 0 saturated carbocycles. The van der Waals surface area contributed by atoms with Crippen molar-refractivity contribution in [2.45, 2.75) is 32.0 Å². The monoisotopic (exact) mass is 263 g/mol. The molecule has 1 saturated heterocycles. The van der Waals surface area contributed by atoms with E-state index < -0.39 is 0 Å². The molecule has 1 atom stereocenters. The minimum absolute atomic E-state index is 0.0111. The van der Waals surface area contributed by atoms with Gasteiger partial charge in [0.25, 0.3) is 0 Å². The zero-order valence-corrected chi connectivity index (χ0v) is 11.1. The lowest BCUT2D eigenvalue weighted by Crippen LogP contribution is -2.39. The molecule has 1 N–H and O–H groups in total. The Morgan fingerprint density at radius 1 is 1.32 bits per heavy atom. The van der Waals surface area contributed by atoms with Crippen molar-refractivity contribution in [1.29, 1.82) is 0 Å². The van der Waals surface area contributed by atoms with E-state index in [1.165, 1.54) is 0 Å². The van der Waals surface area contributed by atoms with Gasteiger partial charge in [0, 0.05) is 13.2 Å². The highest BCUT2D eigenvalue weighted by Crippen LogP contribution is 2.12. The van der Waals surface area contributed by atoms with Gasteiger partial charge < -0.3 is 14.8 Å². The fourth-order valence-electron chi connectivity index (χ4n) is 2.07. The van der Waals surface area contributed by atoms with E-state index in [1.54, 1.807) is 0 Å². The second-order valence-corrected chi connectivity index (χ2v) is 4.68. The topological polar surface area (TPSA) is 47.6 Å². The zero-order chi connectivity index (χ0) is 13.3. The summed E-state index contributed by atoms with van der Waals surface area (Å²) in [5.74, 6) is -0.0111. The lowest BCUT2D eigenvalue weighted by atomic mass is 10.1. The van der Waals surface area contributed by atoms with E-state index in [2.05, 4.69) is 5.32 Å². The molecule has 2 rings (SSSR count). The molecule has 0 aromatic heterocycles. The Morgan fingerprint density at radius 2 is 2.16 bits per heavy atom. The molecule has 19 heavy (non-hydrogen) atoms. The summed E-state index contributed by atoms with van der Waals surface area (Å²) in [5, 5.41) is 2.85. The molecule has 4 heteroatoms. The maximum absolute atomic E-state index is 11.7. The van der Waals surface area contributed by atoms with Crippen LogP contribution in [0, 0.1) is 0 Å². The van der Waals surface area contributed by atoms with Gasteiger partial charge in [0.1, 0.15) is 6.10 Å². The standard InChI is InChI=1S/C15H21NO3/c17-15(14-8-4-5-10-19-14)16-9-11-18-12-13-6-2-1-3-7-13/h1-3,6-7,14H,4-5,8-12H2,(H,16,17)/t14-/m0/s1. The molecule has 1 aromatic rings. The van der Waals surface area contributed by atoms with E-state index >= 15 is 0 Å². The Labute approximate surface area is 114 Å². The van der Waals surface area contributed by atoms with E-state index in [9.17, 15) is 4.79 Å². The van der Waals surface area contributed by atoms with Crippen LogP contribution in [0.25, 0.3) is 0 Å². The first kappa shape index (κ1) is 14.0. The number of carbonyl (C=O) groups is 1. The lowest BCUT2D eigenvalue weighted by molar-refractivity contribution is -0.135. The molecular formula is C15H21NO3. The molecule has 0 aliphatic carbocycles. The number of ether oxygens (including phenoxy) is 2. The number of rotatable bonds is 6. The predicted molar refractivity (Wildman–Crippen MR) is 72.7 cm³/mol. The van der Waals surface area contributed by atoms with Crippen molar-refractivity contribution in [2.24, 2.45) is 0 Å². The first-order valence-electron chi connectivity index (χ1n) is 6.87. The van der Waals surface area contributed by atoms with E-state index in [0.717, 1.165) is 24.8 Å². The number of hydrogen-bond acceptors (Lipinski definition) is 3. The van der Waals surface area contributed by atoms with Crippen LogP contribution in [-0.2, 0) is 20.9 Å². The van der Waals surface area contributed by atoms with Gasteiger partial charge in [-0.3, -0.25) is 4.79 Å². The summed E-state index contributed by atoms with van der Waals surface area (Å²) in [7, 11) is 0. The summed E-state index contributed by atoms with van der Waals surface area (Å²) >= 11 is 0. The number of benzene rings is 1. The van der Waals surface area contributed by atoms with Crippen molar-refractivity contribution in [3.63, 3.8) is 0 Å². The maximum atomic E-state index is 11.7. The molecule has 1 fully saturated rings. The molecule has 1 aliphatic rings. The lowest BCUT2D eigenvalue weighted by Gasteiger charge is -2.21. The molecule has 4 nitrogen and oxygen atoms in total. The molecule has 0 bridgehead atoms. The second kappa shape index (κ2) is 7.92. The van der Waals surface area contributed by atoms with Crippen molar-refractivity contribution in [3.8, 4) is 0 Å². The largest absolute Gasteiger partial charge is 0.375 e. The molecule has 1 heterocycles. The van der Waals surface area contributed by atoms with Crippen LogP contribution in [0.3, 0.4) is 0 Å². The van der Waals surface area contributed by atoms with Gasteiger partial charge in [0.15, 0.2) is 0 Å². The van der Waals surface area contributed by atoms with Crippen molar-refractivity contribution >= 4 is 5.91 Å². The molecular weight excluding hydrogens is 242 g/mol. The van der Waals surface area contributed by atoms with Gasteiger partial charge in [-0.25, -0.2) is 0 Å². The van der Waals surface area contributed by atoms with E-state index in [1.807, 2.05) is 30.3 Å². The van der Waals surface area contributed by atoms with Crippen LogP contribution in [0.5, 0.6) is 0 Å². The molecule has 104 valence electrons. The zero-order valence-electron chi connectivity index (χ0n) is 11.1.